The van der Waals surface area contributed by atoms with Gasteiger partial charge in [0.2, 0.25) is 5.91 Å². The highest BCUT2D eigenvalue weighted by Crippen LogP contribution is 2.46. The third-order valence-electron chi connectivity index (χ3n) is 4.27. The number of carbonyl (C=O) groups is 2. The molecule has 0 aliphatic carbocycles. The van der Waals surface area contributed by atoms with Crippen LogP contribution in [-0.4, -0.2) is 46.9 Å². The van der Waals surface area contributed by atoms with Gasteiger partial charge in [0.1, 0.15) is 5.82 Å². The molecule has 0 bridgehead atoms. The van der Waals surface area contributed by atoms with Crippen molar-refractivity contribution in [3.8, 4) is 0 Å². The Morgan fingerprint density at radius 3 is 2.40 bits per heavy atom. The van der Waals surface area contributed by atoms with Gasteiger partial charge in [0.15, 0.2) is 5.41 Å². The first kappa shape index (κ1) is 19.6. The highest BCUT2D eigenvalue weighted by atomic mass is 32.2. The number of alkyl halides is 3. The number of hydrogen-bond donors (Lipinski definition) is 1. The molecule has 25 heavy (non-hydrogen) atoms. The first-order valence-corrected chi connectivity index (χ1v) is 8.52. The lowest BCUT2D eigenvalue weighted by molar-refractivity contribution is -0.227. The average Bonchev–Trinajstić information content (AvgIpc) is 3.00. The molecule has 4 nitrogen and oxygen atoms in total. The standard InChI is InChI=1S/C16H17F4NO3S/c1-10(8-25-12-4-2-11(17)3-5-12)13(22)21-7-6-15(9-21,14(23)24)16(18,19)20/h2-5,10H,6-9H2,1H3,(H,23,24). The Labute approximate surface area is 146 Å². The second kappa shape index (κ2) is 7.23. The number of hydrogen-bond acceptors (Lipinski definition) is 3. The number of carboxylic acid groups (broad SMARTS) is 1. The van der Waals surface area contributed by atoms with E-state index >= 15 is 0 Å². The smallest absolute Gasteiger partial charge is 0.406 e. The zero-order valence-corrected chi connectivity index (χ0v) is 14.2. The molecule has 1 aromatic carbocycles. The monoisotopic (exact) mass is 379 g/mol. The predicted octanol–water partition coefficient (Wildman–Crippen LogP) is 3.42. The van der Waals surface area contributed by atoms with Crippen LogP contribution in [0.2, 0.25) is 0 Å². The SMILES string of the molecule is CC(CSc1ccc(F)cc1)C(=O)N1CCC(C(=O)O)(C(F)(F)F)C1. The van der Waals surface area contributed by atoms with Crippen LogP contribution in [0.5, 0.6) is 0 Å². The van der Waals surface area contributed by atoms with Gasteiger partial charge in [-0.25, -0.2) is 4.39 Å². The number of likely N-dealkylation sites (tertiary alicyclic amines) is 1. The highest BCUT2D eigenvalue weighted by molar-refractivity contribution is 7.99. The van der Waals surface area contributed by atoms with Crippen LogP contribution < -0.4 is 0 Å². The molecule has 1 N–H and O–H groups in total. The number of carbonyl (C=O) groups excluding carboxylic acids is 1. The van der Waals surface area contributed by atoms with Crippen molar-refractivity contribution in [2.24, 2.45) is 11.3 Å². The van der Waals surface area contributed by atoms with Crippen molar-refractivity contribution in [2.75, 3.05) is 18.8 Å². The first-order valence-electron chi connectivity index (χ1n) is 7.54. The maximum Gasteiger partial charge on any atom is 0.406 e. The Morgan fingerprint density at radius 2 is 1.92 bits per heavy atom. The van der Waals surface area contributed by atoms with Gasteiger partial charge in [0.05, 0.1) is 0 Å². The number of aliphatic carboxylic acids is 1. The Bertz CT molecular complexity index is 650. The zero-order chi connectivity index (χ0) is 18.8. The van der Waals surface area contributed by atoms with E-state index in [1.54, 1.807) is 19.1 Å². The van der Waals surface area contributed by atoms with Crippen molar-refractivity contribution >= 4 is 23.6 Å². The fourth-order valence-electron chi connectivity index (χ4n) is 2.66. The molecule has 0 spiro atoms. The lowest BCUT2D eigenvalue weighted by Gasteiger charge is -2.28. The summed E-state index contributed by atoms with van der Waals surface area (Å²) in [6, 6.07) is 5.65. The lowest BCUT2D eigenvalue weighted by atomic mass is 9.86. The van der Waals surface area contributed by atoms with E-state index in [1.807, 2.05) is 0 Å². The number of carboxylic acids is 1. The van der Waals surface area contributed by atoms with Gasteiger partial charge in [-0.3, -0.25) is 9.59 Å². The summed E-state index contributed by atoms with van der Waals surface area (Å²) in [7, 11) is 0. The van der Waals surface area contributed by atoms with E-state index in [1.165, 1.54) is 23.9 Å². The molecule has 2 rings (SSSR count). The summed E-state index contributed by atoms with van der Waals surface area (Å²) in [6.45, 7) is 0.472. The van der Waals surface area contributed by atoms with Crippen molar-refractivity contribution in [3.05, 3.63) is 30.1 Å². The van der Waals surface area contributed by atoms with Gasteiger partial charge in [-0.1, -0.05) is 6.92 Å². The summed E-state index contributed by atoms with van der Waals surface area (Å²) in [5.41, 5.74) is -2.90. The van der Waals surface area contributed by atoms with E-state index in [0.717, 1.165) is 9.80 Å². The molecule has 1 fully saturated rings. The van der Waals surface area contributed by atoms with Crippen LogP contribution in [0.1, 0.15) is 13.3 Å². The number of rotatable bonds is 5. The van der Waals surface area contributed by atoms with E-state index in [-0.39, 0.29) is 12.4 Å². The average molecular weight is 379 g/mol. The summed E-state index contributed by atoms with van der Waals surface area (Å²) in [5.74, 6) is -3.14. The fourth-order valence-corrected chi connectivity index (χ4v) is 3.57. The van der Waals surface area contributed by atoms with Crippen LogP contribution in [0, 0.1) is 17.2 Å². The van der Waals surface area contributed by atoms with Crippen molar-refractivity contribution in [3.63, 3.8) is 0 Å². The van der Waals surface area contributed by atoms with Crippen molar-refractivity contribution in [1.82, 2.24) is 4.90 Å². The van der Waals surface area contributed by atoms with Gasteiger partial charge in [0, 0.05) is 29.7 Å². The third kappa shape index (κ3) is 4.08. The molecule has 1 aromatic rings. The zero-order valence-electron chi connectivity index (χ0n) is 13.3. The summed E-state index contributed by atoms with van der Waals surface area (Å²) >= 11 is 1.28. The summed E-state index contributed by atoms with van der Waals surface area (Å²) in [4.78, 5) is 25.2. The fraction of sp³-hybridized carbons (Fsp3) is 0.500. The largest absolute Gasteiger partial charge is 0.481 e. The minimum Gasteiger partial charge on any atom is -0.481 e. The van der Waals surface area contributed by atoms with Crippen molar-refractivity contribution in [2.45, 2.75) is 24.4 Å². The molecular weight excluding hydrogens is 362 g/mol. The molecule has 1 saturated heterocycles. The van der Waals surface area contributed by atoms with Crippen LogP contribution in [0.4, 0.5) is 17.6 Å². The van der Waals surface area contributed by atoms with Crippen molar-refractivity contribution < 1.29 is 32.3 Å². The molecule has 0 saturated carbocycles. The predicted molar refractivity (Wildman–Crippen MR) is 83.6 cm³/mol. The van der Waals surface area contributed by atoms with Gasteiger partial charge in [-0.2, -0.15) is 13.2 Å². The van der Waals surface area contributed by atoms with E-state index in [2.05, 4.69) is 0 Å². The molecule has 2 unspecified atom stereocenters. The molecule has 0 radical (unpaired) electrons. The molecular formula is C16H17F4NO3S. The lowest BCUT2D eigenvalue weighted by Crippen LogP contribution is -2.48. The Balaban J connectivity index is 1.98. The van der Waals surface area contributed by atoms with E-state index < -0.39 is 42.4 Å². The van der Waals surface area contributed by atoms with Gasteiger partial charge in [-0.05, 0) is 30.7 Å². The molecule has 0 aromatic heterocycles. The van der Waals surface area contributed by atoms with Crippen LogP contribution >= 0.6 is 11.8 Å². The first-order chi connectivity index (χ1) is 11.6. The van der Waals surface area contributed by atoms with Crippen LogP contribution in [0.3, 0.4) is 0 Å². The summed E-state index contributed by atoms with van der Waals surface area (Å²) in [5, 5.41) is 9.02. The molecule has 2 atom stereocenters. The molecule has 9 heteroatoms. The van der Waals surface area contributed by atoms with E-state index in [0.29, 0.717) is 5.75 Å². The van der Waals surface area contributed by atoms with Crippen molar-refractivity contribution in [1.29, 1.82) is 0 Å². The van der Waals surface area contributed by atoms with Crippen LogP contribution in [-0.2, 0) is 9.59 Å². The molecule has 138 valence electrons. The van der Waals surface area contributed by atoms with Gasteiger partial charge < -0.3 is 10.0 Å². The second-order valence-corrected chi connectivity index (χ2v) is 7.15. The minimum atomic E-state index is -4.92. The van der Waals surface area contributed by atoms with E-state index in [4.69, 9.17) is 5.11 Å². The Morgan fingerprint density at radius 1 is 1.32 bits per heavy atom. The molecule has 1 aliphatic heterocycles. The van der Waals surface area contributed by atoms with E-state index in [9.17, 15) is 27.2 Å². The van der Waals surface area contributed by atoms with Gasteiger partial charge in [0.25, 0.3) is 0 Å². The summed E-state index contributed by atoms with van der Waals surface area (Å²) < 4.78 is 52.3. The number of nitrogens with zero attached hydrogens (tertiary/aromatic N) is 1. The number of benzene rings is 1. The maximum absolute atomic E-state index is 13.2. The number of thioether (sulfide) groups is 1. The normalized spacial score (nSPS) is 22.0. The van der Waals surface area contributed by atoms with Crippen LogP contribution in [0.15, 0.2) is 29.2 Å². The molecule has 1 aliphatic rings. The molecule has 1 amide bonds. The Kier molecular flexibility index (Phi) is 5.65. The third-order valence-corrected chi connectivity index (χ3v) is 5.54. The number of halogens is 4. The quantitative estimate of drug-likeness (QED) is 0.629. The number of amides is 1. The second-order valence-electron chi connectivity index (χ2n) is 6.06. The van der Waals surface area contributed by atoms with Crippen LogP contribution in [0.25, 0.3) is 0 Å². The highest BCUT2D eigenvalue weighted by Gasteiger charge is 2.64. The topological polar surface area (TPSA) is 57.6 Å². The summed E-state index contributed by atoms with van der Waals surface area (Å²) in [6.07, 6.45) is -5.56. The Hall–Kier alpha value is -1.77. The van der Waals surface area contributed by atoms with Gasteiger partial charge >= 0.3 is 12.1 Å². The maximum atomic E-state index is 13.2. The molecule has 1 heterocycles. The minimum absolute atomic E-state index is 0.240. The van der Waals surface area contributed by atoms with Gasteiger partial charge in [-0.15, -0.1) is 11.8 Å².